The standard InChI is InChI=1S/C18H16N6O2S/c1-26-18(25)16-21-14-4-9-27-15(14)17(22-16)24-7-5-23(6-8-24)13-3-2-12(10-19)20-11-13/h2-4,9,11H,5-8H2,1H3. The second-order valence-corrected chi connectivity index (χ2v) is 6.90. The maximum atomic E-state index is 11.9. The molecule has 0 unspecified atom stereocenters. The number of esters is 1. The molecular formula is C18H16N6O2S. The van der Waals surface area contributed by atoms with Crippen LogP contribution in [0.15, 0.2) is 29.8 Å². The van der Waals surface area contributed by atoms with E-state index in [0.717, 1.165) is 47.9 Å². The Balaban J connectivity index is 1.56. The van der Waals surface area contributed by atoms with Gasteiger partial charge in [0.25, 0.3) is 0 Å². The van der Waals surface area contributed by atoms with E-state index >= 15 is 0 Å². The van der Waals surface area contributed by atoms with Gasteiger partial charge in [-0.3, -0.25) is 0 Å². The molecule has 0 N–H and O–H groups in total. The molecule has 4 heterocycles. The fourth-order valence-corrected chi connectivity index (χ4v) is 3.91. The SMILES string of the molecule is COC(=O)c1nc(N2CCN(c3ccc(C#N)nc3)CC2)c2sccc2n1. The van der Waals surface area contributed by atoms with Gasteiger partial charge in [0.1, 0.15) is 11.8 Å². The van der Waals surface area contributed by atoms with Crippen LogP contribution >= 0.6 is 11.3 Å². The number of nitrogens with zero attached hydrogens (tertiary/aromatic N) is 6. The van der Waals surface area contributed by atoms with Gasteiger partial charge in [-0.25, -0.2) is 19.7 Å². The number of fused-ring (bicyclic) bond motifs is 1. The summed E-state index contributed by atoms with van der Waals surface area (Å²) in [6.45, 7) is 3.09. The van der Waals surface area contributed by atoms with E-state index in [0.29, 0.717) is 5.69 Å². The highest BCUT2D eigenvalue weighted by Crippen LogP contribution is 2.30. The van der Waals surface area contributed by atoms with Crippen LogP contribution in [0.4, 0.5) is 11.5 Å². The number of carbonyl (C=O) groups is 1. The Morgan fingerprint density at radius 2 is 1.96 bits per heavy atom. The van der Waals surface area contributed by atoms with Gasteiger partial charge >= 0.3 is 5.97 Å². The Labute approximate surface area is 159 Å². The number of nitriles is 1. The number of carbonyl (C=O) groups excluding carboxylic acids is 1. The van der Waals surface area contributed by atoms with Crippen molar-refractivity contribution < 1.29 is 9.53 Å². The highest BCUT2D eigenvalue weighted by Gasteiger charge is 2.23. The third-order valence-electron chi connectivity index (χ3n) is 4.46. The molecule has 136 valence electrons. The van der Waals surface area contributed by atoms with Crippen LogP contribution in [0.1, 0.15) is 16.3 Å². The molecule has 27 heavy (non-hydrogen) atoms. The summed E-state index contributed by atoms with van der Waals surface area (Å²) in [6.07, 6.45) is 1.73. The van der Waals surface area contributed by atoms with Gasteiger partial charge in [0.05, 0.1) is 29.2 Å². The number of pyridine rings is 1. The second-order valence-electron chi connectivity index (χ2n) is 5.98. The number of piperazine rings is 1. The molecule has 9 heteroatoms. The van der Waals surface area contributed by atoms with Crippen molar-refractivity contribution in [2.75, 3.05) is 43.1 Å². The fraction of sp³-hybridized carbons (Fsp3) is 0.278. The van der Waals surface area contributed by atoms with Crippen LogP contribution in [0.2, 0.25) is 0 Å². The average Bonchev–Trinajstić information content (AvgIpc) is 3.21. The minimum Gasteiger partial charge on any atom is -0.463 e. The van der Waals surface area contributed by atoms with E-state index in [1.54, 1.807) is 23.6 Å². The lowest BCUT2D eigenvalue weighted by Gasteiger charge is -2.36. The van der Waals surface area contributed by atoms with Gasteiger partial charge in [0, 0.05) is 26.2 Å². The Kier molecular flexibility index (Phi) is 4.56. The molecule has 0 amide bonds. The predicted octanol–water partition coefficient (Wildman–Crippen LogP) is 2.07. The van der Waals surface area contributed by atoms with Crippen molar-refractivity contribution in [3.8, 4) is 6.07 Å². The molecular weight excluding hydrogens is 364 g/mol. The van der Waals surface area contributed by atoms with E-state index in [-0.39, 0.29) is 5.82 Å². The summed E-state index contributed by atoms with van der Waals surface area (Å²) in [5, 5.41) is 10.8. The first-order valence-electron chi connectivity index (χ1n) is 8.39. The van der Waals surface area contributed by atoms with Crippen molar-refractivity contribution in [1.82, 2.24) is 15.0 Å². The summed E-state index contributed by atoms with van der Waals surface area (Å²) in [6, 6.07) is 7.56. The zero-order valence-corrected chi connectivity index (χ0v) is 15.4. The normalized spacial score (nSPS) is 14.2. The van der Waals surface area contributed by atoms with Gasteiger partial charge in [-0.05, 0) is 23.6 Å². The molecule has 0 aromatic carbocycles. The van der Waals surface area contributed by atoms with E-state index in [2.05, 4.69) is 24.8 Å². The molecule has 3 aromatic rings. The minimum absolute atomic E-state index is 0.0807. The summed E-state index contributed by atoms with van der Waals surface area (Å²) >= 11 is 1.56. The van der Waals surface area contributed by atoms with Crippen molar-refractivity contribution in [3.63, 3.8) is 0 Å². The Bertz CT molecular complexity index is 1020. The van der Waals surface area contributed by atoms with Crippen molar-refractivity contribution in [3.05, 3.63) is 41.3 Å². The Morgan fingerprint density at radius 3 is 2.63 bits per heavy atom. The average molecular weight is 380 g/mol. The third kappa shape index (κ3) is 3.27. The van der Waals surface area contributed by atoms with Gasteiger partial charge in [-0.1, -0.05) is 0 Å². The lowest BCUT2D eigenvalue weighted by Crippen LogP contribution is -2.47. The number of methoxy groups -OCH3 is 1. The molecule has 4 rings (SSSR count). The van der Waals surface area contributed by atoms with E-state index in [1.807, 2.05) is 23.6 Å². The van der Waals surface area contributed by atoms with E-state index in [1.165, 1.54) is 7.11 Å². The predicted molar refractivity (Wildman–Crippen MR) is 102 cm³/mol. The molecule has 1 aliphatic heterocycles. The van der Waals surface area contributed by atoms with Gasteiger partial charge in [-0.15, -0.1) is 11.3 Å². The third-order valence-corrected chi connectivity index (χ3v) is 5.36. The van der Waals surface area contributed by atoms with Crippen LogP contribution in [-0.4, -0.2) is 54.2 Å². The summed E-state index contributed by atoms with van der Waals surface area (Å²) in [5.41, 5.74) is 2.16. The lowest BCUT2D eigenvalue weighted by molar-refractivity contribution is 0.0587. The molecule has 0 atom stereocenters. The van der Waals surface area contributed by atoms with E-state index in [9.17, 15) is 4.79 Å². The van der Waals surface area contributed by atoms with Crippen LogP contribution in [0.25, 0.3) is 10.2 Å². The van der Waals surface area contributed by atoms with Crippen molar-refractivity contribution in [2.24, 2.45) is 0 Å². The first-order valence-corrected chi connectivity index (χ1v) is 9.27. The largest absolute Gasteiger partial charge is 0.463 e. The maximum absolute atomic E-state index is 11.9. The monoisotopic (exact) mass is 380 g/mol. The highest BCUT2D eigenvalue weighted by molar-refractivity contribution is 7.17. The molecule has 1 aliphatic rings. The van der Waals surface area contributed by atoms with Crippen molar-refractivity contribution in [1.29, 1.82) is 5.26 Å². The zero-order chi connectivity index (χ0) is 18.8. The Hall–Kier alpha value is -3.25. The van der Waals surface area contributed by atoms with Crippen LogP contribution in [0.5, 0.6) is 0 Å². The molecule has 0 bridgehead atoms. The maximum Gasteiger partial charge on any atom is 0.376 e. The zero-order valence-electron chi connectivity index (χ0n) is 14.6. The smallest absolute Gasteiger partial charge is 0.376 e. The van der Waals surface area contributed by atoms with Crippen LogP contribution in [0.3, 0.4) is 0 Å². The van der Waals surface area contributed by atoms with Crippen molar-refractivity contribution >= 4 is 39.0 Å². The Morgan fingerprint density at radius 1 is 1.19 bits per heavy atom. The number of ether oxygens (including phenoxy) is 1. The number of rotatable bonds is 3. The molecule has 1 fully saturated rings. The summed E-state index contributed by atoms with van der Waals surface area (Å²) < 4.78 is 5.75. The minimum atomic E-state index is -0.536. The summed E-state index contributed by atoms with van der Waals surface area (Å²) in [7, 11) is 1.33. The van der Waals surface area contributed by atoms with Gasteiger partial charge in [-0.2, -0.15) is 5.26 Å². The molecule has 1 saturated heterocycles. The quantitative estimate of drug-likeness (QED) is 0.637. The lowest BCUT2D eigenvalue weighted by atomic mass is 10.2. The van der Waals surface area contributed by atoms with Crippen LogP contribution < -0.4 is 9.80 Å². The first kappa shape index (κ1) is 17.2. The van der Waals surface area contributed by atoms with E-state index < -0.39 is 5.97 Å². The van der Waals surface area contributed by atoms with Gasteiger partial charge in [0.2, 0.25) is 5.82 Å². The molecule has 0 spiro atoms. The number of hydrogen-bond acceptors (Lipinski definition) is 9. The number of thiophene rings is 1. The number of aromatic nitrogens is 3. The van der Waals surface area contributed by atoms with E-state index in [4.69, 9.17) is 10.00 Å². The van der Waals surface area contributed by atoms with Crippen LogP contribution in [-0.2, 0) is 4.74 Å². The summed E-state index contributed by atoms with van der Waals surface area (Å²) in [5.74, 6) is 0.316. The van der Waals surface area contributed by atoms with Crippen LogP contribution in [0, 0.1) is 11.3 Å². The van der Waals surface area contributed by atoms with Crippen molar-refractivity contribution in [2.45, 2.75) is 0 Å². The highest BCUT2D eigenvalue weighted by atomic mass is 32.1. The van der Waals surface area contributed by atoms with Gasteiger partial charge < -0.3 is 14.5 Å². The molecule has 0 saturated carbocycles. The van der Waals surface area contributed by atoms with Gasteiger partial charge in [0.15, 0.2) is 5.82 Å². The number of anilines is 2. The molecule has 8 nitrogen and oxygen atoms in total. The first-order chi connectivity index (χ1) is 13.2. The molecule has 3 aromatic heterocycles. The fourth-order valence-electron chi connectivity index (χ4n) is 3.06. The topological polar surface area (TPSA) is 95.2 Å². The molecule has 0 radical (unpaired) electrons. The molecule has 0 aliphatic carbocycles. The summed E-state index contributed by atoms with van der Waals surface area (Å²) in [4.78, 5) is 29.2. The number of hydrogen-bond donors (Lipinski definition) is 0. The second kappa shape index (κ2) is 7.17.